The van der Waals surface area contributed by atoms with Crippen LogP contribution in [0.2, 0.25) is 0 Å². The van der Waals surface area contributed by atoms with E-state index in [1.165, 1.54) is 0 Å². The molecule has 0 spiro atoms. The van der Waals surface area contributed by atoms with Gasteiger partial charge in [0.2, 0.25) is 10.0 Å². The predicted octanol–water partition coefficient (Wildman–Crippen LogP) is 1.81. The Hall–Kier alpha value is -0.340. The van der Waals surface area contributed by atoms with E-state index in [0.29, 0.717) is 18.5 Å². The summed E-state index contributed by atoms with van der Waals surface area (Å²) in [5.41, 5.74) is 0.604. The lowest BCUT2D eigenvalue weighted by molar-refractivity contribution is 0.287. The number of benzene rings is 1. The van der Waals surface area contributed by atoms with Gasteiger partial charge in [0.05, 0.1) is 11.4 Å². The highest BCUT2D eigenvalue weighted by Crippen LogP contribution is 2.18. The summed E-state index contributed by atoms with van der Waals surface area (Å²) >= 11 is 2.08. The molecule has 0 fully saturated rings. The number of aliphatic hydroxyl groups excluding tert-OH is 1. The minimum absolute atomic E-state index is 0.0262. The minimum Gasteiger partial charge on any atom is -0.396 e. The van der Waals surface area contributed by atoms with Gasteiger partial charge in [0.25, 0.3) is 0 Å². The van der Waals surface area contributed by atoms with Crippen LogP contribution in [-0.4, -0.2) is 25.9 Å². The fraction of sp³-hybridized carbons (Fsp3) is 0.400. The number of unbranched alkanes of at least 4 members (excludes halogenated alkanes) is 1. The van der Waals surface area contributed by atoms with Gasteiger partial charge in [0.1, 0.15) is 0 Å². The van der Waals surface area contributed by atoms with Crippen LogP contribution < -0.4 is 4.72 Å². The number of rotatable bonds is 6. The molecule has 0 aliphatic carbocycles. The average molecular weight is 355 g/mol. The zero-order valence-corrected chi connectivity index (χ0v) is 11.7. The Morgan fingerprint density at radius 1 is 1.25 bits per heavy atom. The van der Waals surface area contributed by atoms with Gasteiger partial charge in [0, 0.05) is 10.2 Å². The number of para-hydroxylation sites is 1. The largest absolute Gasteiger partial charge is 0.396 e. The third kappa shape index (κ3) is 4.67. The molecule has 2 N–H and O–H groups in total. The van der Waals surface area contributed by atoms with Gasteiger partial charge in [-0.25, -0.2) is 8.42 Å². The normalized spacial score (nSPS) is 11.4. The van der Waals surface area contributed by atoms with Crippen LogP contribution in [0.5, 0.6) is 0 Å². The highest BCUT2D eigenvalue weighted by molar-refractivity contribution is 14.1. The van der Waals surface area contributed by atoms with Crippen LogP contribution in [0.4, 0.5) is 5.69 Å². The molecule has 0 bridgehead atoms. The summed E-state index contributed by atoms with van der Waals surface area (Å²) in [4.78, 5) is 0. The standard InChI is InChI=1S/C10H14INO3S/c11-9-5-1-2-6-10(9)12-16(14,15)8-4-3-7-13/h1-2,5-6,12-13H,3-4,7-8H2. The summed E-state index contributed by atoms with van der Waals surface area (Å²) in [5, 5.41) is 8.58. The molecule has 0 radical (unpaired) electrons. The molecule has 0 amide bonds. The molecule has 0 saturated heterocycles. The van der Waals surface area contributed by atoms with Crippen molar-refractivity contribution in [2.24, 2.45) is 0 Å². The zero-order chi connectivity index (χ0) is 12.0. The van der Waals surface area contributed by atoms with Crippen molar-refractivity contribution in [1.29, 1.82) is 0 Å². The molecular formula is C10H14INO3S. The first-order valence-corrected chi connectivity index (χ1v) is 7.64. The van der Waals surface area contributed by atoms with Gasteiger partial charge in [-0.05, 0) is 47.6 Å². The van der Waals surface area contributed by atoms with E-state index in [1.807, 2.05) is 12.1 Å². The van der Waals surface area contributed by atoms with Crippen molar-refractivity contribution in [1.82, 2.24) is 0 Å². The SMILES string of the molecule is O=S(=O)(CCCCO)Nc1ccccc1I. The molecule has 0 aliphatic heterocycles. The van der Waals surface area contributed by atoms with E-state index in [0.717, 1.165) is 3.57 Å². The van der Waals surface area contributed by atoms with Crippen LogP contribution in [0, 0.1) is 3.57 Å². The Labute approximate surface area is 109 Å². The fourth-order valence-electron chi connectivity index (χ4n) is 1.17. The van der Waals surface area contributed by atoms with Crippen LogP contribution in [0.25, 0.3) is 0 Å². The Bertz CT molecular complexity index is 433. The van der Waals surface area contributed by atoms with E-state index in [1.54, 1.807) is 12.1 Å². The van der Waals surface area contributed by atoms with Crippen LogP contribution >= 0.6 is 22.6 Å². The maximum Gasteiger partial charge on any atom is 0.232 e. The molecule has 0 atom stereocenters. The van der Waals surface area contributed by atoms with E-state index in [4.69, 9.17) is 5.11 Å². The number of halogens is 1. The molecule has 1 rings (SSSR count). The highest BCUT2D eigenvalue weighted by Gasteiger charge is 2.11. The van der Waals surface area contributed by atoms with Gasteiger partial charge in [-0.15, -0.1) is 0 Å². The van der Waals surface area contributed by atoms with Gasteiger partial charge in [-0.3, -0.25) is 4.72 Å². The maximum absolute atomic E-state index is 11.6. The van der Waals surface area contributed by atoms with Gasteiger partial charge in [-0.1, -0.05) is 12.1 Å². The van der Waals surface area contributed by atoms with Crippen molar-refractivity contribution in [3.05, 3.63) is 27.8 Å². The molecule has 90 valence electrons. The maximum atomic E-state index is 11.6. The predicted molar refractivity (Wildman–Crippen MR) is 72.9 cm³/mol. The Kier molecular flexibility index (Phi) is 5.50. The summed E-state index contributed by atoms with van der Waals surface area (Å²) in [7, 11) is -3.30. The lowest BCUT2D eigenvalue weighted by atomic mass is 10.3. The lowest BCUT2D eigenvalue weighted by Crippen LogP contribution is -2.17. The molecule has 0 saturated carbocycles. The Morgan fingerprint density at radius 3 is 2.56 bits per heavy atom. The van der Waals surface area contributed by atoms with Gasteiger partial charge < -0.3 is 5.11 Å². The number of sulfonamides is 1. The van der Waals surface area contributed by atoms with Gasteiger partial charge in [-0.2, -0.15) is 0 Å². The zero-order valence-electron chi connectivity index (χ0n) is 8.69. The van der Waals surface area contributed by atoms with E-state index in [9.17, 15) is 8.42 Å². The molecule has 0 aliphatic rings. The summed E-state index contributed by atoms with van der Waals surface area (Å²) in [6.45, 7) is 0.0262. The Balaban J connectivity index is 2.63. The van der Waals surface area contributed by atoms with Gasteiger partial charge in [0.15, 0.2) is 0 Å². The van der Waals surface area contributed by atoms with E-state index in [-0.39, 0.29) is 12.4 Å². The molecule has 16 heavy (non-hydrogen) atoms. The summed E-state index contributed by atoms with van der Waals surface area (Å²) in [6.07, 6.45) is 0.974. The molecule has 4 nitrogen and oxygen atoms in total. The number of nitrogens with one attached hydrogen (secondary N) is 1. The van der Waals surface area contributed by atoms with E-state index < -0.39 is 10.0 Å². The van der Waals surface area contributed by atoms with Crippen molar-refractivity contribution in [2.75, 3.05) is 17.1 Å². The molecule has 1 aromatic rings. The first kappa shape index (κ1) is 13.7. The number of hydrogen-bond donors (Lipinski definition) is 2. The van der Waals surface area contributed by atoms with Crippen LogP contribution in [0.1, 0.15) is 12.8 Å². The van der Waals surface area contributed by atoms with E-state index in [2.05, 4.69) is 27.3 Å². The van der Waals surface area contributed by atoms with Crippen LogP contribution in [-0.2, 0) is 10.0 Å². The summed E-state index contributed by atoms with van der Waals surface area (Å²) < 4.78 is 26.7. The van der Waals surface area contributed by atoms with Crippen LogP contribution in [0.3, 0.4) is 0 Å². The van der Waals surface area contributed by atoms with Crippen LogP contribution in [0.15, 0.2) is 24.3 Å². The number of anilines is 1. The second-order valence-corrected chi connectivity index (χ2v) is 6.34. The third-order valence-electron chi connectivity index (χ3n) is 1.96. The summed E-state index contributed by atoms with van der Waals surface area (Å²) in [5.74, 6) is 0.0402. The fourth-order valence-corrected chi connectivity index (χ4v) is 3.07. The number of aliphatic hydroxyl groups is 1. The molecule has 0 aromatic heterocycles. The summed E-state index contributed by atoms with van der Waals surface area (Å²) in [6, 6.07) is 7.20. The first-order chi connectivity index (χ1) is 7.55. The third-order valence-corrected chi connectivity index (χ3v) is 4.26. The molecule has 0 heterocycles. The lowest BCUT2D eigenvalue weighted by Gasteiger charge is -2.08. The van der Waals surface area contributed by atoms with Crippen molar-refractivity contribution in [2.45, 2.75) is 12.8 Å². The van der Waals surface area contributed by atoms with Gasteiger partial charge >= 0.3 is 0 Å². The molecule has 0 unspecified atom stereocenters. The van der Waals surface area contributed by atoms with Crippen molar-refractivity contribution >= 4 is 38.3 Å². The smallest absolute Gasteiger partial charge is 0.232 e. The number of hydrogen-bond acceptors (Lipinski definition) is 3. The van der Waals surface area contributed by atoms with Crippen molar-refractivity contribution in [3.63, 3.8) is 0 Å². The van der Waals surface area contributed by atoms with Crippen molar-refractivity contribution in [3.8, 4) is 0 Å². The second kappa shape index (κ2) is 6.41. The molecule has 6 heteroatoms. The van der Waals surface area contributed by atoms with Crippen molar-refractivity contribution < 1.29 is 13.5 Å². The highest BCUT2D eigenvalue weighted by atomic mass is 127. The second-order valence-electron chi connectivity index (χ2n) is 3.33. The first-order valence-electron chi connectivity index (χ1n) is 4.91. The average Bonchev–Trinajstić information content (AvgIpc) is 2.21. The molecular weight excluding hydrogens is 341 g/mol. The quantitative estimate of drug-likeness (QED) is 0.604. The minimum atomic E-state index is -3.30. The molecule has 1 aromatic carbocycles. The monoisotopic (exact) mass is 355 g/mol. The Morgan fingerprint density at radius 2 is 1.94 bits per heavy atom. The van der Waals surface area contributed by atoms with E-state index >= 15 is 0 Å². The topological polar surface area (TPSA) is 66.4 Å².